The van der Waals surface area contributed by atoms with Crippen molar-refractivity contribution in [2.24, 2.45) is 29.6 Å². The third-order valence-electron chi connectivity index (χ3n) is 4.75. The van der Waals surface area contributed by atoms with E-state index in [9.17, 15) is 4.79 Å². The number of carbonyl (C=O) groups excluding carboxylic acids is 1. The van der Waals surface area contributed by atoms with E-state index in [0.29, 0.717) is 12.5 Å². The SMILES string of the molecule is CCCCOC(=O)C1C2C3CCC(C3)C12. The normalized spacial score (nSPS) is 45.3. The summed E-state index contributed by atoms with van der Waals surface area (Å²) in [5.41, 5.74) is 0. The molecule has 0 N–H and O–H groups in total. The predicted octanol–water partition coefficient (Wildman–Crippen LogP) is 2.62. The molecule has 0 aromatic rings. The smallest absolute Gasteiger partial charge is 0.309 e. The topological polar surface area (TPSA) is 26.3 Å². The van der Waals surface area contributed by atoms with Crippen LogP contribution in [0.2, 0.25) is 0 Å². The molecule has 0 amide bonds. The molecule has 0 aliphatic heterocycles. The third-order valence-corrected chi connectivity index (χ3v) is 4.75. The van der Waals surface area contributed by atoms with E-state index in [1.807, 2.05) is 0 Å². The van der Waals surface area contributed by atoms with Crippen LogP contribution in [0.1, 0.15) is 39.0 Å². The Morgan fingerprint density at radius 2 is 1.93 bits per heavy atom. The van der Waals surface area contributed by atoms with Gasteiger partial charge in [0, 0.05) is 0 Å². The standard InChI is InChI=1S/C13H20O2/c1-2-3-6-15-13(14)12-10-8-4-5-9(7-8)11(10)12/h8-12H,2-7H2,1H3. The second kappa shape index (κ2) is 3.50. The summed E-state index contributed by atoms with van der Waals surface area (Å²) < 4.78 is 5.33. The average molecular weight is 208 g/mol. The summed E-state index contributed by atoms with van der Waals surface area (Å²) in [7, 11) is 0. The van der Waals surface area contributed by atoms with Gasteiger partial charge in [0.1, 0.15) is 0 Å². The zero-order valence-electron chi connectivity index (χ0n) is 9.45. The van der Waals surface area contributed by atoms with Crippen molar-refractivity contribution in [3.05, 3.63) is 0 Å². The molecule has 0 heterocycles. The van der Waals surface area contributed by atoms with Crippen LogP contribution in [0.5, 0.6) is 0 Å². The lowest BCUT2D eigenvalue weighted by Crippen LogP contribution is -2.13. The number of hydrogen-bond donors (Lipinski definition) is 0. The zero-order valence-corrected chi connectivity index (χ0v) is 9.45. The Morgan fingerprint density at radius 3 is 2.53 bits per heavy atom. The van der Waals surface area contributed by atoms with Gasteiger partial charge in [-0.05, 0) is 49.4 Å². The molecule has 0 radical (unpaired) electrons. The lowest BCUT2D eigenvalue weighted by Gasteiger charge is -2.08. The van der Waals surface area contributed by atoms with E-state index in [1.54, 1.807) is 0 Å². The Labute approximate surface area is 91.4 Å². The van der Waals surface area contributed by atoms with Crippen LogP contribution in [0.3, 0.4) is 0 Å². The summed E-state index contributed by atoms with van der Waals surface area (Å²) in [6.07, 6.45) is 6.29. The van der Waals surface area contributed by atoms with Crippen molar-refractivity contribution in [2.75, 3.05) is 6.61 Å². The largest absolute Gasteiger partial charge is 0.465 e. The number of ether oxygens (including phenoxy) is 1. The Bertz CT molecular complexity index is 258. The molecule has 0 aromatic carbocycles. The third kappa shape index (κ3) is 1.41. The monoisotopic (exact) mass is 208 g/mol. The van der Waals surface area contributed by atoms with Crippen LogP contribution >= 0.6 is 0 Å². The van der Waals surface area contributed by atoms with Gasteiger partial charge in [-0.1, -0.05) is 13.3 Å². The van der Waals surface area contributed by atoms with Crippen molar-refractivity contribution in [1.29, 1.82) is 0 Å². The van der Waals surface area contributed by atoms with Crippen molar-refractivity contribution in [3.63, 3.8) is 0 Å². The van der Waals surface area contributed by atoms with Gasteiger partial charge in [0.15, 0.2) is 0 Å². The van der Waals surface area contributed by atoms with Crippen molar-refractivity contribution in [1.82, 2.24) is 0 Å². The Hall–Kier alpha value is -0.530. The highest BCUT2D eigenvalue weighted by Crippen LogP contribution is 2.69. The number of rotatable bonds is 4. The van der Waals surface area contributed by atoms with Crippen LogP contribution in [0, 0.1) is 29.6 Å². The fraction of sp³-hybridized carbons (Fsp3) is 0.923. The maximum Gasteiger partial charge on any atom is 0.309 e. The summed E-state index contributed by atoms with van der Waals surface area (Å²) in [5.74, 6) is 3.66. The van der Waals surface area contributed by atoms with Gasteiger partial charge < -0.3 is 4.74 Å². The van der Waals surface area contributed by atoms with Gasteiger partial charge in [-0.15, -0.1) is 0 Å². The lowest BCUT2D eigenvalue weighted by molar-refractivity contribution is -0.146. The number of esters is 1. The lowest BCUT2D eigenvalue weighted by atomic mass is 10.0. The fourth-order valence-electron chi connectivity index (χ4n) is 4.05. The first-order valence-electron chi connectivity index (χ1n) is 6.49. The maximum absolute atomic E-state index is 11.8. The summed E-state index contributed by atoms with van der Waals surface area (Å²) >= 11 is 0. The quantitative estimate of drug-likeness (QED) is 0.524. The molecule has 4 unspecified atom stereocenters. The summed E-state index contributed by atoms with van der Waals surface area (Å²) in [6.45, 7) is 2.76. The van der Waals surface area contributed by atoms with Gasteiger partial charge >= 0.3 is 5.97 Å². The summed E-state index contributed by atoms with van der Waals surface area (Å²) in [5, 5.41) is 0. The molecular formula is C13H20O2. The van der Waals surface area contributed by atoms with Crippen LogP contribution in [0.4, 0.5) is 0 Å². The minimum absolute atomic E-state index is 0.120. The summed E-state index contributed by atoms with van der Waals surface area (Å²) in [4.78, 5) is 11.8. The first-order chi connectivity index (χ1) is 7.33. The average Bonchev–Trinajstić information content (AvgIpc) is 2.68. The molecule has 3 aliphatic carbocycles. The highest BCUT2D eigenvalue weighted by Gasteiger charge is 2.68. The Balaban J connectivity index is 1.52. The Kier molecular flexibility index (Phi) is 2.26. The minimum Gasteiger partial charge on any atom is -0.465 e. The number of fused-ring (bicyclic) bond motifs is 5. The first kappa shape index (κ1) is 9.68. The van der Waals surface area contributed by atoms with Crippen LogP contribution < -0.4 is 0 Å². The zero-order chi connectivity index (χ0) is 10.4. The molecular weight excluding hydrogens is 188 g/mol. The fourth-order valence-corrected chi connectivity index (χ4v) is 4.05. The van der Waals surface area contributed by atoms with E-state index in [1.165, 1.54) is 19.3 Å². The van der Waals surface area contributed by atoms with Gasteiger partial charge in [-0.2, -0.15) is 0 Å². The number of carbonyl (C=O) groups is 1. The highest BCUT2D eigenvalue weighted by atomic mass is 16.5. The van der Waals surface area contributed by atoms with Crippen LogP contribution in [0.25, 0.3) is 0 Å². The van der Waals surface area contributed by atoms with Crippen LogP contribution in [-0.2, 0) is 9.53 Å². The van der Waals surface area contributed by atoms with E-state index in [-0.39, 0.29) is 5.97 Å². The van der Waals surface area contributed by atoms with E-state index in [4.69, 9.17) is 4.74 Å². The minimum atomic E-state index is 0.120. The van der Waals surface area contributed by atoms with Crippen molar-refractivity contribution in [2.45, 2.75) is 39.0 Å². The van der Waals surface area contributed by atoms with E-state index >= 15 is 0 Å². The van der Waals surface area contributed by atoms with Gasteiger partial charge in [-0.25, -0.2) is 0 Å². The number of hydrogen-bond acceptors (Lipinski definition) is 2. The molecule has 2 nitrogen and oxygen atoms in total. The van der Waals surface area contributed by atoms with Gasteiger partial charge in [0.05, 0.1) is 12.5 Å². The van der Waals surface area contributed by atoms with E-state index < -0.39 is 0 Å². The first-order valence-corrected chi connectivity index (χ1v) is 6.49. The van der Waals surface area contributed by atoms with Crippen LogP contribution in [0.15, 0.2) is 0 Å². The molecule has 3 aliphatic rings. The molecule has 2 bridgehead atoms. The highest BCUT2D eigenvalue weighted by molar-refractivity contribution is 5.77. The second-order valence-corrected chi connectivity index (χ2v) is 5.53. The molecule has 2 heteroatoms. The molecule has 3 fully saturated rings. The molecule has 84 valence electrons. The summed E-state index contributed by atoms with van der Waals surface area (Å²) in [6, 6.07) is 0. The van der Waals surface area contributed by atoms with Crippen molar-refractivity contribution >= 4 is 5.97 Å². The van der Waals surface area contributed by atoms with Crippen molar-refractivity contribution < 1.29 is 9.53 Å². The van der Waals surface area contributed by atoms with Gasteiger partial charge in [0.2, 0.25) is 0 Å². The van der Waals surface area contributed by atoms with E-state index in [2.05, 4.69) is 6.92 Å². The molecule has 0 spiro atoms. The molecule has 0 aromatic heterocycles. The van der Waals surface area contributed by atoms with Gasteiger partial charge in [-0.3, -0.25) is 4.79 Å². The number of unbranched alkanes of at least 4 members (excludes halogenated alkanes) is 1. The second-order valence-electron chi connectivity index (χ2n) is 5.53. The molecule has 15 heavy (non-hydrogen) atoms. The molecule has 4 atom stereocenters. The van der Waals surface area contributed by atoms with Gasteiger partial charge in [0.25, 0.3) is 0 Å². The molecule has 0 saturated heterocycles. The van der Waals surface area contributed by atoms with Crippen LogP contribution in [-0.4, -0.2) is 12.6 Å². The Morgan fingerprint density at radius 1 is 1.27 bits per heavy atom. The predicted molar refractivity (Wildman–Crippen MR) is 57.2 cm³/mol. The maximum atomic E-state index is 11.8. The van der Waals surface area contributed by atoms with Crippen molar-refractivity contribution in [3.8, 4) is 0 Å². The van der Waals surface area contributed by atoms with E-state index in [0.717, 1.165) is 36.5 Å². The molecule has 3 saturated carbocycles. The molecule has 3 rings (SSSR count).